The normalized spacial score (nSPS) is 11.0. The van der Waals surface area contributed by atoms with Gasteiger partial charge in [-0.2, -0.15) is 0 Å². The molecule has 0 amide bonds. The fourth-order valence-electron chi connectivity index (χ4n) is 2.29. The maximum Gasteiger partial charge on any atom is 0.346 e. The van der Waals surface area contributed by atoms with Crippen molar-refractivity contribution in [2.75, 3.05) is 0 Å². The zero-order chi connectivity index (χ0) is 15.9. The van der Waals surface area contributed by atoms with Gasteiger partial charge in [0.15, 0.2) is 0 Å². The van der Waals surface area contributed by atoms with Gasteiger partial charge in [0.25, 0.3) is 5.56 Å². The van der Waals surface area contributed by atoms with Gasteiger partial charge in [-0.15, -0.1) is 11.3 Å². The second-order valence-electron chi connectivity index (χ2n) is 4.81. The molecule has 0 atom stereocenters. The number of carboxylic acids is 1. The lowest BCUT2D eigenvalue weighted by molar-refractivity contribution is 0.0701. The number of benzene rings is 1. The SMILES string of the molecule is Cc1c(C(=O)O)sc2ncn(Cc3ccccc3F)c(=O)c12. The first-order chi connectivity index (χ1) is 10.5. The van der Waals surface area contributed by atoms with Gasteiger partial charge in [0.1, 0.15) is 15.5 Å². The Hall–Kier alpha value is -2.54. The molecule has 0 aliphatic carbocycles. The average Bonchev–Trinajstić information content (AvgIpc) is 2.82. The number of hydrogen-bond donors (Lipinski definition) is 1. The number of fused-ring (bicyclic) bond motifs is 1. The van der Waals surface area contributed by atoms with Gasteiger partial charge in [-0.25, -0.2) is 14.2 Å². The minimum atomic E-state index is -1.08. The third-order valence-corrected chi connectivity index (χ3v) is 4.60. The predicted molar refractivity (Wildman–Crippen MR) is 81.1 cm³/mol. The lowest BCUT2D eigenvalue weighted by Crippen LogP contribution is -2.21. The van der Waals surface area contributed by atoms with Crippen molar-refractivity contribution >= 4 is 27.5 Å². The molecule has 0 spiro atoms. The van der Waals surface area contributed by atoms with Crippen LogP contribution in [-0.4, -0.2) is 20.6 Å². The highest BCUT2D eigenvalue weighted by Gasteiger charge is 2.18. The lowest BCUT2D eigenvalue weighted by atomic mass is 10.2. The van der Waals surface area contributed by atoms with Crippen molar-refractivity contribution in [1.82, 2.24) is 9.55 Å². The van der Waals surface area contributed by atoms with E-state index in [4.69, 9.17) is 5.11 Å². The van der Waals surface area contributed by atoms with Gasteiger partial charge in [-0.05, 0) is 18.6 Å². The van der Waals surface area contributed by atoms with Gasteiger partial charge in [0.2, 0.25) is 0 Å². The maximum absolute atomic E-state index is 13.7. The summed E-state index contributed by atoms with van der Waals surface area (Å²) < 4.78 is 15.0. The number of aromatic nitrogens is 2. The Kier molecular flexibility index (Phi) is 3.50. The molecule has 7 heteroatoms. The van der Waals surface area contributed by atoms with E-state index in [0.717, 1.165) is 11.3 Å². The maximum atomic E-state index is 13.7. The highest BCUT2D eigenvalue weighted by Crippen LogP contribution is 2.26. The molecule has 22 heavy (non-hydrogen) atoms. The minimum absolute atomic E-state index is 0.0478. The molecule has 5 nitrogen and oxygen atoms in total. The Morgan fingerprint density at radius 1 is 1.41 bits per heavy atom. The van der Waals surface area contributed by atoms with Gasteiger partial charge >= 0.3 is 5.97 Å². The molecule has 0 radical (unpaired) electrons. The first kappa shape index (κ1) is 14.4. The van der Waals surface area contributed by atoms with Crippen molar-refractivity contribution in [3.63, 3.8) is 0 Å². The van der Waals surface area contributed by atoms with Gasteiger partial charge < -0.3 is 5.11 Å². The van der Waals surface area contributed by atoms with E-state index in [9.17, 15) is 14.0 Å². The van der Waals surface area contributed by atoms with Gasteiger partial charge in [0, 0.05) is 5.56 Å². The van der Waals surface area contributed by atoms with Crippen molar-refractivity contribution in [2.45, 2.75) is 13.5 Å². The van der Waals surface area contributed by atoms with Crippen molar-refractivity contribution < 1.29 is 14.3 Å². The average molecular weight is 318 g/mol. The van der Waals surface area contributed by atoms with E-state index in [1.54, 1.807) is 25.1 Å². The summed E-state index contributed by atoms with van der Waals surface area (Å²) in [6, 6.07) is 6.18. The van der Waals surface area contributed by atoms with Crippen LogP contribution in [0.25, 0.3) is 10.2 Å². The third-order valence-electron chi connectivity index (χ3n) is 3.41. The number of aryl methyl sites for hydroxylation is 1. The van der Waals surface area contributed by atoms with Crippen LogP contribution in [-0.2, 0) is 6.54 Å². The fraction of sp³-hybridized carbons (Fsp3) is 0.133. The zero-order valence-corrected chi connectivity index (χ0v) is 12.4. The molecular formula is C15H11FN2O3S. The topological polar surface area (TPSA) is 72.2 Å². The molecule has 2 aromatic heterocycles. The van der Waals surface area contributed by atoms with Crippen LogP contribution < -0.4 is 5.56 Å². The highest BCUT2D eigenvalue weighted by atomic mass is 32.1. The predicted octanol–water partition coefficient (Wildman–Crippen LogP) is 2.65. The summed E-state index contributed by atoms with van der Waals surface area (Å²) in [4.78, 5) is 28.3. The molecule has 1 aromatic carbocycles. The van der Waals surface area contributed by atoms with E-state index < -0.39 is 11.8 Å². The molecule has 3 rings (SSSR count). The molecule has 0 saturated heterocycles. The molecule has 0 bridgehead atoms. The largest absolute Gasteiger partial charge is 0.477 e. The summed E-state index contributed by atoms with van der Waals surface area (Å²) in [6.45, 7) is 1.63. The van der Waals surface area contributed by atoms with Crippen LogP contribution in [0, 0.1) is 12.7 Å². The number of carbonyl (C=O) groups is 1. The Bertz CT molecular complexity index is 946. The van der Waals surface area contributed by atoms with Crippen molar-refractivity contribution in [2.24, 2.45) is 0 Å². The number of carboxylic acid groups (broad SMARTS) is 1. The van der Waals surface area contributed by atoms with E-state index in [2.05, 4.69) is 4.98 Å². The van der Waals surface area contributed by atoms with Crippen LogP contribution in [0.15, 0.2) is 35.4 Å². The Morgan fingerprint density at radius 3 is 2.82 bits per heavy atom. The van der Waals surface area contributed by atoms with Crippen LogP contribution in [0.4, 0.5) is 4.39 Å². The molecular weight excluding hydrogens is 307 g/mol. The number of nitrogens with zero attached hydrogens (tertiary/aromatic N) is 2. The number of rotatable bonds is 3. The monoisotopic (exact) mass is 318 g/mol. The first-order valence-corrected chi connectivity index (χ1v) is 7.26. The first-order valence-electron chi connectivity index (χ1n) is 6.44. The van der Waals surface area contributed by atoms with Crippen LogP contribution >= 0.6 is 11.3 Å². The smallest absolute Gasteiger partial charge is 0.346 e. The minimum Gasteiger partial charge on any atom is -0.477 e. The lowest BCUT2D eigenvalue weighted by Gasteiger charge is -2.06. The van der Waals surface area contributed by atoms with E-state index in [1.807, 2.05) is 0 Å². The van der Waals surface area contributed by atoms with Crippen molar-refractivity contribution in [3.05, 3.63) is 62.8 Å². The molecule has 1 N–H and O–H groups in total. The standard InChI is InChI=1S/C15H11FN2O3S/c1-8-11-13(22-12(8)15(20)21)17-7-18(14(11)19)6-9-4-2-3-5-10(9)16/h2-5,7H,6H2,1H3,(H,20,21). The zero-order valence-electron chi connectivity index (χ0n) is 11.5. The third kappa shape index (κ3) is 2.29. The Morgan fingerprint density at radius 2 is 2.14 bits per heavy atom. The molecule has 0 unspecified atom stereocenters. The second kappa shape index (κ2) is 5.34. The van der Waals surface area contributed by atoms with Crippen molar-refractivity contribution in [3.8, 4) is 0 Å². The van der Waals surface area contributed by atoms with E-state index in [0.29, 0.717) is 16.0 Å². The van der Waals surface area contributed by atoms with Crippen LogP contribution in [0.3, 0.4) is 0 Å². The van der Waals surface area contributed by atoms with E-state index >= 15 is 0 Å². The summed E-state index contributed by atoms with van der Waals surface area (Å²) >= 11 is 0.966. The van der Waals surface area contributed by atoms with E-state index in [1.165, 1.54) is 17.0 Å². The van der Waals surface area contributed by atoms with Crippen LogP contribution in [0.1, 0.15) is 20.8 Å². The highest BCUT2D eigenvalue weighted by molar-refractivity contribution is 7.20. The number of thiophene rings is 1. The van der Waals surface area contributed by atoms with E-state index in [-0.39, 0.29) is 22.4 Å². The number of hydrogen-bond acceptors (Lipinski definition) is 4. The fourth-order valence-corrected chi connectivity index (χ4v) is 3.26. The summed E-state index contributed by atoms with van der Waals surface area (Å²) in [6.07, 6.45) is 1.32. The summed E-state index contributed by atoms with van der Waals surface area (Å²) in [5.74, 6) is -1.48. The molecule has 112 valence electrons. The number of halogens is 1. The molecule has 0 aliphatic rings. The molecule has 0 fully saturated rings. The molecule has 0 saturated carbocycles. The van der Waals surface area contributed by atoms with Crippen LogP contribution in [0.5, 0.6) is 0 Å². The van der Waals surface area contributed by atoms with Crippen molar-refractivity contribution in [1.29, 1.82) is 0 Å². The molecule has 0 aliphatic heterocycles. The number of aromatic carboxylic acids is 1. The van der Waals surface area contributed by atoms with Crippen LogP contribution in [0.2, 0.25) is 0 Å². The second-order valence-corrected chi connectivity index (χ2v) is 5.81. The Labute approximate surface area is 128 Å². The van der Waals surface area contributed by atoms with Gasteiger partial charge in [0.05, 0.1) is 18.3 Å². The van der Waals surface area contributed by atoms with Gasteiger partial charge in [-0.3, -0.25) is 9.36 Å². The summed E-state index contributed by atoms with van der Waals surface area (Å²) in [5.41, 5.74) is 0.402. The Balaban J connectivity index is 2.15. The quantitative estimate of drug-likeness (QED) is 0.806. The molecule has 3 aromatic rings. The molecule has 2 heterocycles. The van der Waals surface area contributed by atoms with Gasteiger partial charge in [-0.1, -0.05) is 18.2 Å². The summed E-state index contributed by atoms with van der Waals surface area (Å²) in [5, 5.41) is 9.40. The summed E-state index contributed by atoms with van der Waals surface area (Å²) in [7, 11) is 0.